The van der Waals surface area contributed by atoms with E-state index in [2.05, 4.69) is 0 Å². The van der Waals surface area contributed by atoms with Gasteiger partial charge in [0.05, 0.1) is 18.2 Å². The van der Waals surface area contributed by atoms with Crippen molar-refractivity contribution >= 4 is 23.7 Å². The number of anilines is 1. The number of carbonyl (C=O) groups excluding carboxylic acids is 3. The lowest BCUT2D eigenvalue weighted by atomic mass is 9.82. The number of esters is 1. The Bertz CT molecular complexity index is 800. The summed E-state index contributed by atoms with van der Waals surface area (Å²) in [6.07, 6.45) is -0.899. The third-order valence-corrected chi connectivity index (χ3v) is 4.35. The van der Waals surface area contributed by atoms with Crippen molar-refractivity contribution in [1.29, 1.82) is 0 Å². The highest BCUT2D eigenvalue weighted by Gasteiger charge is 2.53. The third-order valence-electron chi connectivity index (χ3n) is 4.35. The maximum absolute atomic E-state index is 13.2. The number of carbonyl (C=O) groups is 3. The molecule has 28 heavy (non-hydrogen) atoms. The molecule has 9 heteroatoms. The summed E-state index contributed by atoms with van der Waals surface area (Å²) in [6.45, 7) is 7.80. The van der Waals surface area contributed by atoms with Gasteiger partial charge in [-0.05, 0) is 39.3 Å². The molecule has 0 saturated heterocycles. The molecule has 0 saturated carbocycles. The van der Waals surface area contributed by atoms with Crippen molar-refractivity contribution in [3.05, 3.63) is 39.9 Å². The van der Waals surface area contributed by atoms with E-state index < -0.39 is 46.4 Å². The first-order valence-corrected chi connectivity index (χ1v) is 8.95. The van der Waals surface area contributed by atoms with Gasteiger partial charge in [0.15, 0.2) is 0 Å². The molecule has 2 rings (SSSR count). The van der Waals surface area contributed by atoms with Crippen molar-refractivity contribution in [3.63, 3.8) is 0 Å². The maximum atomic E-state index is 13.2. The zero-order valence-electron chi connectivity index (χ0n) is 16.5. The normalized spacial score (nSPS) is 18.2. The second-order valence-corrected chi connectivity index (χ2v) is 7.49. The highest BCUT2D eigenvalue weighted by molar-refractivity contribution is 6.20. The standard InChI is InChI=1S/C19H24N2O7/c1-6-27-17(23)14(11(2)21(25)26)15-12-9-7-8-10-13(12)20(16(15)22)18(24)28-19(3,4)5/h7-11,14-15H,6H2,1-5H3/t11-,14-,15-/m0/s1. The minimum atomic E-state index is -1.39. The van der Waals surface area contributed by atoms with E-state index >= 15 is 0 Å². The van der Waals surface area contributed by atoms with Crippen molar-refractivity contribution in [2.75, 3.05) is 11.5 Å². The zero-order valence-corrected chi connectivity index (χ0v) is 16.5. The highest BCUT2D eigenvalue weighted by atomic mass is 16.6. The molecule has 1 aromatic carbocycles. The van der Waals surface area contributed by atoms with Gasteiger partial charge in [-0.1, -0.05) is 18.2 Å². The van der Waals surface area contributed by atoms with Gasteiger partial charge < -0.3 is 9.47 Å². The number of para-hydroxylation sites is 1. The summed E-state index contributed by atoms with van der Waals surface area (Å²) in [5, 5.41) is 11.4. The number of imide groups is 1. The van der Waals surface area contributed by atoms with Gasteiger partial charge in [-0.2, -0.15) is 0 Å². The van der Waals surface area contributed by atoms with Gasteiger partial charge in [-0.3, -0.25) is 19.7 Å². The summed E-state index contributed by atoms with van der Waals surface area (Å²) in [7, 11) is 0. The Morgan fingerprint density at radius 1 is 1.29 bits per heavy atom. The van der Waals surface area contributed by atoms with Crippen molar-refractivity contribution in [3.8, 4) is 0 Å². The average Bonchev–Trinajstić information content (AvgIpc) is 2.86. The van der Waals surface area contributed by atoms with Crippen LogP contribution in [0.25, 0.3) is 0 Å². The van der Waals surface area contributed by atoms with Crippen LogP contribution in [0.15, 0.2) is 24.3 Å². The summed E-state index contributed by atoms with van der Waals surface area (Å²) >= 11 is 0. The molecule has 0 N–H and O–H groups in total. The number of hydrogen-bond donors (Lipinski definition) is 0. The van der Waals surface area contributed by atoms with Crippen molar-refractivity contribution in [2.24, 2.45) is 5.92 Å². The lowest BCUT2D eigenvalue weighted by Crippen LogP contribution is -2.44. The molecular weight excluding hydrogens is 368 g/mol. The largest absolute Gasteiger partial charge is 0.466 e. The first-order valence-electron chi connectivity index (χ1n) is 8.95. The molecule has 152 valence electrons. The van der Waals surface area contributed by atoms with Gasteiger partial charge in [-0.25, -0.2) is 9.69 Å². The first kappa shape index (κ1) is 21.3. The molecule has 0 spiro atoms. The molecule has 0 fully saturated rings. The number of ether oxygens (including phenoxy) is 2. The molecule has 1 aliphatic heterocycles. The monoisotopic (exact) mass is 392 g/mol. The van der Waals surface area contributed by atoms with Crippen LogP contribution in [0.3, 0.4) is 0 Å². The van der Waals surface area contributed by atoms with Gasteiger partial charge >= 0.3 is 12.1 Å². The van der Waals surface area contributed by atoms with E-state index in [1.807, 2.05) is 0 Å². The Balaban J connectivity index is 2.54. The Kier molecular flexibility index (Phi) is 6.06. The Morgan fingerprint density at radius 2 is 1.89 bits per heavy atom. The third kappa shape index (κ3) is 4.13. The minimum absolute atomic E-state index is 0.0120. The lowest BCUT2D eigenvalue weighted by Gasteiger charge is -2.25. The molecule has 2 amide bonds. The maximum Gasteiger partial charge on any atom is 0.421 e. The van der Waals surface area contributed by atoms with Crippen LogP contribution in [0.2, 0.25) is 0 Å². The number of benzene rings is 1. The van der Waals surface area contributed by atoms with Crippen molar-refractivity contribution in [1.82, 2.24) is 0 Å². The molecule has 1 heterocycles. The van der Waals surface area contributed by atoms with Crippen molar-refractivity contribution < 1.29 is 28.8 Å². The van der Waals surface area contributed by atoms with Gasteiger partial charge in [0.25, 0.3) is 0 Å². The molecule has 3 atom stereocenters. The second kappa shape index (κ2) is 7.95. The second-order valence-electron chi connectivity index (χ2n) is 7.49. The van der Waals surface area contributed by atoms with Crippen LogP contribution >= 0.6 is 0 Å². The fourth-order valence-corrected chi connectivity index (χ4v) is 3.17. The van der Waals surface area contributed by atoms with E-state index in [0.29, 0.717) is 5.56 Å². The van der Waals surface area contributed by atoms with E-state index in [1.165, 1.54) is 13.0 Å². The Labute approximate surface area is 162 Å². The molecule has 1 aromatic rings. The Morgan fingerprint density at radius 3 is 2.43 bits per heavy atom. The summed E-state index contributed by atoms with van der Waals surface area (Å²) in [4.78, 5) is 49.9. The van der Waals surface area contributed by atoms with Gasteiger partial charge in [0.1, 0.15) is 11.5 Å². The van der Waals surface area contributed by atoms with Crippen LogP contribution in [-0.4, -0.2) is 41.1 Å². The van der Waals surface area contributed by atoms with Crippen LogP contribution < -0.4 is 4.90 Å². The smallest absolute Gasteiger partial charge is 0.421 e. The highest BCUT2D eigenvalue weighted by Crippen LogP contribution is 2.43. The quantitative estimate of drug-likeness (QED) is 0.430. The van der Waals surface area contributed by atoms with E-state index in [4.69, 9.17) is 9.47 Å². The lowest BCUT2D eigenvalue weighted by molar-refractivity contribution is -0.525. The molecule has 0 radical (unpaired) electrons. The zero-order chi connectivity index (χ0) is 21.2. The van der Waals surface area contributed by atoms with Crippen LogP contribution in [0.1, 0.15) is 46.1 Å². The predicted molar refractivity (Wildman–Crippen MR) is 99.5 cm³/mol. The summed E-state index contributed by atoms with van der Waals surface area (Å²) in [5.74, 6) is -4.20. The number of hydrogen-bond acceptors (Lipinski definition) is 7. The molecule has 0 bridgehead atoms. The van der Waals surface area contributed by atoms with E-state index in [1.54, 1.807) is 45.9 Å². The van der Waals surface area contributed by atoms with Gasteiger partial charge in [-0.15, -0.1) is 0 Å². The average molecular weight is 392 g/mol. The van der Waals surface area contributed by atoms with Crippen molar-refractivity contribution in [2.45, 2.75) is 52.2 Å². The molecule has 0 aliphatic carbocycles. The topological polar surface area (TPSA) is 116 Å². The summed E-state index contributed by atoms with van der Waals surface area (Å²) in [6, 6.07) is 4.98. The summed E-state index contributed by atoms with van der Waals surface area (Å²) < 4.78 is 10.3. The Hall–Kier alpha value is -2.97. The molecule has 0 aromatic heterocycles. The molecule has 1 aliphatic rings. The van der Waals surface area contributed by atoms with Gasteiger partial charge in [0.2, 0.25) is 11.9 Å². The number of nitrogens with zero attached hydrogens (tertiary/aromatic N) is 2. The van der Waals surface area contributed by atoms with Crippen LogP contribution in [-0.2, 0) is 19.1 Å². The summed E-state index contributed by atoms with van der Waals surface area (Å²) in [5.41, 5.74) is -0.249. The predicted octanol–water partition coefficient (Wildman–Crippen LogP) is 2.90. The SMILES string of the molecule is CCOC(=O)[C@H]([C@H]1C(=O)N(C(=O)OC(C)(C)C)c2ccccc21)[C@H](C)[N+](=O)[O-]. The molecular formula is C19H24N2O7. The number of fused-ring (bicyclic) bond motifs is 1. The number of amides is 2. The van der Waals surface area contributed by atoms with Crippen LogP contribution in [0, 0.1) is 16.0 Å². The fourth-order valence-electron chi connectivity index (χ4n) is 3.17. The minimum Gasteiger partial charge on any atom is -0.466 e. The van der Waals surface area contributed by atoms with E-state index in [-0.39, 0.29) is 12.3 Å². The molecule has 9 nitrogen and oxygen atoms in total. The fraction of sp³-hybridized carbons (Fsp3) is 0.526. The van der Waals surface area contributed by atoms with Crippen LogP contribution in [0.4, 0.5) is 10.5 Å². The number of nitro groups is 1. The molecule has 0 unspecified atom stereocenters. The van der Waals surface area contributed by atoms with E-state index in [9.17, 15) is 24.5 Å². The number of rotatable bonds is 5. The van der Waals surface area contributed by atoms with Crippen LogP contribution in [0.5, 0.6) is 0 Å². The first-order chi connectivity index (χ1) is 13.0. The van der Waals surface area contributed by atoms with E-state index in [0.717, 1.165) is 4.90 Å². The van der Waals surface area contributed by atoms with Gasteiger partial charge in [0, 0.05) is 11.8 Å².